The first kappa shape index (κ1) is 16.6. The van der Waals surface area contributed by atoms with Crippen molar-refractivity contribution in [1.82, 2.24) is 0 Å². The molecule has 0 aromatic rings. The van der Waals surface area contributed by atoms with Crippen LogP contribution in [0.1, 0.15) is 59.3 Å². The van der Waals surface area contributed by atoms with E-state index in [0.717, 1.165) is 31.7 Å². The third-order valence-corrected chi connectivity index (χ3v) is 8.46. The predicted octanol–water partition coefficient (Wildman–Crippen LogP) is 1.83. The smallest absolute Gasteiger partial charge is 0.315 e. The Morgan fingerprint density at radius 1 is 1.16 bits per heavy atom. The topological polar surface area (TPSA) is 43.3 Å². The monoisotopic (exact) mass is 348 g/mol. The number of carbonyl (C=O) groups is 1. The van der Waals surface area contributed by atoms with Crippen LogP contribution in [0.15, 0.2) is 0 Å². The van der Waals surface area contributed by atoms with E-state index < -0.39 is 0 Å². The van der Waals surface area contributed by atoms with Crippen molar-refractivity contribution in [3.63, 3.8) is 0 Å². The predicted molar refractivity (Wildman–Crippen MR) is 94.2 cm³/mol. The summed E-state index contributed by atoms with van der Waals surface area (Å²) in [6.07, 6.45) is 7.51. The van der Waals surface area contributed by atoms with Crippen molar-refractivity contribution in [2.24, 2.45) is 29.6 Å². The molecule has 0 aromatic carbocycles. The molecule has 2 aliphatic carbocycles. The van der Waals surface area contributed by atoms with E-state index in [9.17, 15) is 4.79 Å². The van der Waals surface area contributed by atoms with E-state index in [1.165, 1.54) is 32.4 Å². The molecule has 1 N–H and O–H groups in total. The Labute approximate surface area is 151 Å². The molecule has 5 rings (SSSR count). The number of fused-ring (bicyclic) bond motifs is 1. The van der Waals surface area contributed by atoms with Crippen LogP contribution in [0.5, 0.6) is 0 Å². The van der Waals surface area contributed by atoms with Gasteiger partial charge in [-0.05, 0) is 51.4 Å². The Hall–Kier alpha value is -0.610. The second kappa shape index (κ2) is 5.45. The number of hydrogen-bond donors (Lipinski definition) is 1. The third kappa shape index (κ3) is 2.29. The Balaban J connectivity index is 1.43. The number of ether oxygens (including phenoxy) is 2. The maximum atomic E-state index is 13.0. The van der Waals surface area contributed by atoms with Gasteiger partial charge in [-0.2, -0.15) is 0 Å². The fourth-order valence-electron chi connectivity index (χ4n) is 7.18. The van der Waals surface area contributed by atoms with Crippen molar-refractivity contribution in [2.75, 3.05) is 19.6 Å². The van der Waals surface area contributed by atoms with Crippen molar-refractivity contribution >= 4 is 5.97 Å². The molecule has 4 heteroatoms. The number of quaternary nitrogens is 1. The highest BCUT2D eigenvalue weighted by atomic mass is 16.7. The maximum Gasteiger partial charge on any atom is 0.315 e. The average molecular weight is 349 g/mol. The molecule has 5 aliphatic rings. The van der Waals surface area contributed by atoms with E-state index in [1.807, 2.05) is 0 Å². The minimum atomic E-state index is -0.298. The minimum Gasteiger partial charge on any atom is -0.455 e. The van der Waals surface area contributed by atoms with Crippen LogP contribution in [0.4, 0.5) is 0 Å². The van der Waals surface area contributed by atoms with Crippen LogP contribution in [0.3, 0.4) is 0 Å². The molecule has 2 saturated carbocycles. The van der Waals surface area contributed by atoms with Gasteiger partial charge in [0, 0.05) is 17.8 Å². The molecular formula is C21H34NO3+. The Morgan fingerprint density at radius 2 is 2.00 bits per heavy atom. The van der Waals surface area contributed by atoms with Gasteiger partial charge < -0.3 is 14.4 Å². The summed E-state index contributed by atoms with van der Waals surface area (Å²) in [4.78, 5) is 14.7. The van der Waals surface area contributed by atoms with Crippen molar-refractivity contribution in [2.45, 2.75) is 76.6 Å². The Bertz CT molecular complexity index is 579. The highest BCUT2D eigenvalue weighted by molar-refractivity contribution is 5.77. The van der Waals surface area contributed by atoms with Gasteiger partial charge in [-0.1, -0.05) is 13.8 Å². The molecule has 140 valence electrons. The number of esters is 1. The van der Waals surface area contributed by atoms with Crippen molar-refractivity contribution in [3.05, 3.63) is 0 Å². The average Bonchev–Trinajstić information content (AvgIpc) is 3.19. The summed E-state index contributed by atoms with van der Waals surface area (Å²) in [5.41, 5.74) is -0.319. The van der Waals surface area contributed by atoms with Gasteiger partial charge in [0.05, 0.1) is 25.2 Å². The number of likely N-dealkylation sites (tertiary alicyclic amines) is 1. The van der Waals surface area contributed by atoms with E-state index in [2.05, 4.69) is 20.8 Å². The lowest BCUT2D eigenvalue weighted by Gasteiger charge is -2.50. The van der Waals surface area contributed by atoms with Crippen molar-refractivity contribution in [3.8, 4) is 0 Å². The first-order valence-electron chi connectivity index (χ1n) is 10.7. The molecule has 5 fully saturated rings. The van der Waals surface area contributed by atoms with Crippen LogP contribution in [0.25, 0.3) is 0 Å². The Kier molecular flexibility index (Phi) is 3.61. The summed E-state index contributed by atoms with van der Waals surface area (Å²) in [6, 6.07) is 0. The third-order valence-electron chi connectivity index (χ3n) is 8.46. The lowest BCUT2D eigenvalue weighted by Crippen LogP contribution is -3.14. The van der Waals surface area contributed by atoms with Gasteiger partial charge in [-0.3, -0.25) is 4.79 Å². The van der Waals surface area contributed by atoms with Crippen LogP contribution in [-0.4, -0.2) is 42.9 Å². The van der Waals surface area contributed by atoms with Crippen LogP contribution in [0.2, 0.25) is 0 Å². The number of nitrogens with one attached hydrogen (secondary N) is 1. The Morgan fingerprint density at radius 3 is 2.80 bits per heavy atom. The van der Waals surface area contributed by atoms with E-state index in [0.29, 0.717) is 17.8 Å². The molecule has 3 heterocycles. The number of rotatable bonds is 2. The summed E-state index contributed by atoms with van der Waals surface area (Å²) < 4.78 is 12.6. The van der Waals surface area contributed by atoms with E-state index in [1.54, 1.807) is 4.90 Å². The SMILES string of the molecule is C[C@@H]1CCC[NH+](C[C@@H]2C(=O)O[C@@]34[C@@H](CC[C@@]5(C)O[C@@H]35)[C@H](C)CC[C@@H]24)C1. The summed E-state index contributed by atoms with van der Waals surface area (Å²) in [6.45, 7) is 10.4. The number of hydrogen-bond acceptors (Lipinski definition) is 3. The minimum absolute atomic E-state index is 0.0204. The van der Waals surface area contributed by atoms with Crippen LogP contribution >= 0.6 is 0 Å². The van der Waals surface area contributed by atoms with E-state index in [-0.39, 0.29) is 29.2 Å². The first-order valence-corrected chi connectivity index (χ1v) is 10.7. The molecule has 3 aliphatic heterocycles. The quantitative estimate of drug-likeness (QED) is 0.612. The van der Waals surface area contributed by atoms with Crippen LogP contribution < -0.4 is 4.90 Å². The highest BCUT2D eigenvalue weighted by Gasteiger charge is 2.77. The van der Waals surface area contributed by atoms with Gasteiger partial charge >= 0.3 is 5.97 Å². The summed E-state index contributed by atoms with van der Waals surface area (Å²) in [5.74, 6) is 2.53. The van der Waals surface area contributed by atoms with Gasteiger partial charge in [-0.15, -0.1) is 0 Å². The zero-order chi connectivity index (χ0) is 17.4. The zero-order valence-corrected chi connectivity index (χ0v) is 16.1. The van der Waals surface area contributed by atoms with Crippen LogP contribution in [0, 0.1) is 29.6 Å². The van der Waals surface area contributed by atoms with Gasteiger partial charge in [0.25, 0.3) is 0 Å². The lowest BCUT2D eigenvalue weighted by molar-refractivity contribution is -0.911. The fourth-order valence-corrected chi connectivity index (χ4v) is 7.18. The van der Waals surface area contributed by atoms with Gasteiger partial charge in [0.2, 0.25) is 0 Å². The molecule has 0 amide bonds. The molecular weight excluding hydrogens is 314 g/mol. The molecule has 25 heavy (non-hydrogen) atoms. The largest absolute Gasteiger partial charge is 0.455 e. The second-order valence-corrected chi connectivity index (χ2v) is 10.2. The maximum absolute atomic E-state index is 13.0. The molecule has 9 atom stereocenters. The second-order valence-electron chi connectivity index (χ2n) is 10.2. The van der Waals surface area contributed by atoms with Crippen molar-refractivity contribution in [1.29, 1.82) is 0 Å². The van der Waals surface area contributed by atoms with E-state index >= 15 is 0 Å². The molecule has 0 radical (unpaired) electrons. The summed E-state index contributed by atoms with van der Waals surface area (Å²) >= 11 is 0. The van der Waals surface area contributed by atoms with Gasteiger partial charge in [0.15, 0.2) is 0 Å². The van der Waals surface area contributed by atoms with Crippen molar-refractivity contribution < 1.29 is 19.2 Å². The molecule has 4 nitrogen and oxygen atoms in total. The van der Waals surface area contributed by atoms with Crippen LogP contribution in [-0.2, 0) is 14.3 Å². The fraction of sp³-hybridized carbons (Fsp3) is 0.952. The van der Waals surface area contributed by atoms with Gasteiger partial charge in [0.1, 0.15) is 17.6 Å². The summed E-state index contributed by atoms with van der Waals surface area (Å²) in [7, 11) is 0. The zero-order valence-electron chi connectivity index (χ0n) is 16.1. The molecule has 1 spiro atoms. The first-order chi connectivity index (χ1) is 11.9. The number of epoxide rings is 1. The van der Waals surface area contributed by atoms with E-state index in [4.69, 9.17) is 9.47 Å². The van der Waals surface area contributed by atoms with Gasteiger partial charge in [-0.25, -0.2) is 0 Å². The molecule has 3 saturated heterocycles. The molecule has 1 unspecified atom stereocenters. The molecule has 0 bridgehead atoms. The number of carbonyl (C=O) groups excluding carboxylic acids is 1. The molecule has 0 aromatic heterocycles. The summed E-state index contributed by atoms with van der Waals surface area (Å²) in [5, 5.41) is 0. The normalized spacial score (nSPS) is 57.2. The number of piperidine rings is 1. The standard InChI is InChI=1S/C21H33NO3/c1-13-5-4-10-22(11-13)12-15-17-7-6-14(2)16-8-9-20(3)19(25-20)21(16,17)24-18(15)23/h13-17,19H,4-12H2,1-3H3/p+1/t13-,14-,15+,16+,17+,19-,20-,21-/m1/s1. The highest BCUT2D eigenvalue weighted by Crippen LogP contribution is 2.66. The lowest BCUT2D eigenvalue weighted by atomic mass is 9.55.